The number of nitrogens with two attached hydrogens (primary N) is 1. The van der Waals surface area contributed by atoms with Crippen LogP contribution >= 0.6 is 0 Å². The topological polar surface area (TPSA) is 72.6 Å². The number of anilines is 2. The predicted molar refractivity (Wildman–Crippen MR) is 79.4 cm³/mol. The molecule has 0 bridgehead atoms. The second-order valence-corrected chi connectivity index (χ2v) is 6.04. The molecule has 5 nitrogen and oxygen atoms in total. The van der Waals surface area contributed by atoms with Crippen molar-refractivity contribution < 1.29 is 12.6 Å². The van der Waals surface area contributed by atoms with Gasteiger partial charge in [0, 0.05) is 25.5 Å². The summed E-state index contributed by atoms with van der Waals surface area (Å²) >= 11 is 0. The standard InChI is InChI=1S/C14H16N2O3S/c1-16(2)12-6-8-13(9-7-12)19-20(17,18)14-5-3-4-11(15)10-14/h3-10H,15H2,1-2H3. The van der Waals surface area contributed by atoms with Gasteiger partial charge in [-0.05, 0) is 42.5 Å². The highest BCUT2D eigenvalue weighted by atomic mass is 32.2. The highest BCUT2D eigenvalue weighted by Crippen LogP contribution is 2.22. The lowest BCUT2D eigenvalue weighted by Gasteiger charge is -2.13. The quantitative estimate of drug-likeness (QED) is 0.690. The number of nitrogen functional groups attached to an aromatic ring is 1. The Labute approximate surface area is 118 Å². The third-order valence-corrected chi connectivity index (χ3v) is 3.95. The minimum atomic E-state index is -3.86. The van der Waals surface area contributed by atoms with Gasteiger partial charge in [-0.3, -0.25) is 0 Å². The summed E-state index contributed by atoms with van der Waals surface area (Å²) < 4.78 is 29.2. The van der Waals surface area contributed by atoms with Crippen molar-refractivity contribution in [3.8, 4) is 5.75 Å². The van der Waals surface area contributed by atoms with Crippen molar-refractivity contribution in [3.63, 3.8) is 0 Å². The number of rotatable bonds is 4. The van der Waals surface area contributed by atoms with Gasteiger partial charge < -0.3 is 14.8 Å². The Balaban J connectivity index is 2.24. The van der Waals surface area contributed by atoms with Gasteiger partial charge in [0.15, 0.2) is 0 Å². The minimum absolute atomic E-state index is 0.0363. The van der Waals surface area contributed by atoms with E-state index in [9.17, 15) is 8.42 Å². The van der Waals surface area contributed by atoms with E-state index in [-0.39, 0.29) is 10.6 Å². The molecular weight excluding hydrogens is 276 g/mol. The Kier molecular flexibility index (Phi) is 3.85. The summed E-state index contributed by atoms with van der Waals surface area (Å²) in [4.78, 5) is 1.95. The first-order valence-electron chi connectivity index (χ1n) is 5.96. The molecule has 20 heavy (non-hydrogen) atoms. The van der Waals surface area contributed by atoms with Crippen LogP contribution in [-0.2, 0) is 10.1 Å². The lowest BCUT2D eigenvalue weighted by molar-refractivity contribution is 0.486. The summed E-state index contributed by atoms with van der Waals surface area (Å²) in [6.07, 6.45) is 0. The Morgan fingerprint density at radius 2 is 1.70 bits per heavy atom. The molecule has 0 aliphatic rings. The number of hydrogen-bond donors (Lipinski definition) is 1. The van der Waals surface area contributed by atoms with Gasteiger partial charge in [-0.15, -0.1) is 0 Å². The molecule has 0 unspecified atom stereocenters. The molecule has 0 aliphatic heterocycles. The molecule has 0 aliphatic carbocycles. The maximum absolute atomic E-state index is 12.1. The normalized spacial score (nSPS) is 11.1. The largest absolute Gasteiger partial charge is 0.399 e. The molecule has 0 radical (unpaired) electrons. The van der Waals surface area contributed by atoms with Crippen LogP contribution in [-0.4, -0.2) is 22.5 Å². The van der Waals surface area contributed by atoms with Gasteiger partial charge in [0.2, 0.25) is 0 Å². The van der Waals surface area contributed by atoms with Crippen molar-refractivity contribution in [2.45, 2.75) is 4.90 Å². The summed E-state index contributed by atoms with van der Waals surface area (Å²) in [6, 6.07) is 12.8. The lowest BCUT2D eigenvalue weighted by atomic mass is 10.3. The first kappa shape index (κ1) is 14.2. The maximum Gasteiger partial charge on any atom is 0.339 e. The van der Waals surface area contributed by atoms with Crippen LogP contribution in [0.5, 0.6) is 5.75 Å². The van der Waals surface area contributed by atoms with E-state index in [1.807, 2.05) is 19.0 Å². The van der Waals surface area contributed by atoms with Gasteiger partial charge >= 0.3 is 10.1 Å². The molecule has 0 fully saturated rings. The van der Waals surface area contributed by atoms with Crippen molar-refractivity contribution in [3.05, 3.63) is 48.5 Å². The van der Waals surface area contributed by atoms with Crippen molar-refractivity contribution in [2.24, 2.45) is 0 Å². The molecule has 0 aromatic heterocycles. The van der Waals surface area contributed by atoms with Crippen LogP contribution in [0, 0.1) is 0 Å². The molecule has 2 aromatic carbocycles. The molecule has 2 aromatic rings. The zero-order valence-electron chi connectivity index (χ0n) is 11.3. The highest BCUT2D eigenvalue weighted by Gasteiger charge is 2.16. The van der Waals surface area contributed by atoms with Crippen LogP contribution in [0.15, 0.2) is 53.4 Å². The van der Waals surface area contributed by atoms with E-state index in [1.165, 1.54) is 12.1 Å². The van der Waals surface area contributed by atoms with E-state index >= 15 is 0 Å². The zero-order chi connectivity index (χ0) is 14.8. The first-order chi connectivity index (χ1) is 9.38. The Morgan fingerprint density at radius 3 is 2.25 bits per heavy atom. The van der Waals surface area contributed by atoms with Crippen LogP contribution in [0.3, 0.4) is 0 Å². The molecule has 2 rings (SSSR count). The van der Waals surface area contributed by atoms with E-state index in [1.54, 1.807) is 36.4 Å². The fourth-order valence-corrected chi connectivity index (χ4v) is 2.63. The van der Waals surface area contributed by atoms with Crippen molar-refractivity contribution in [1.82, 2.24) is 0 Å². The molecule has 0 amide bonds. The van der Waals surface area contributed by atoms with Crippen molar-refractivity contribution >= 4 is 21.5 Å². The molecule has 6 heteroatoms. The average Bonchev–Trinajstić information content (AvgIpc) is 2.39. The molecule has 0 spiro atoms. The molecule has 0 heterocycles. The first-order valence-corrected chi connectivity index (χ1v) is 7.37. The Hall–Kier alpha value is -2.21. The van der Waals surface area contributed by atoms with E-state index in [0.29, 0.717) is 5.69 Å². The van der Waals surface area contributed by atoms with E-state index in [0.717, 1.165) is 5.69 Å². The van der Waals surface area contributed by atoms with Crippen LogP contribution in [0.25, 0.3) is 0 Å². The lowest BCUT2D eigenvalue weighted by Crippen LogP contribution is -2.11. The van der Waals surface area contributed by atoms with E-state index < -0.39 is 10.1 Å². The second-order valence-electron chi connectivity index (χ2n) is 4.50. The zero-order valence-corrected chi connectivity index (χ0v) is 12.1. The number of hydrogen-bond acceptors (Lipinski definition) is 5. The molecule has 0 atom stereocenters. The SMILES string of the molecule is CN(C)c1ccc(OS(=O)(=O)c2cccc(N)c2)cc1. The van der Waals surface area contributed by atoms with E-state index in [2.05, 4.69) is 0 Å². The summed E-state index contributed by atoms with van der Waals surface area (Å²) in [5.74, 6) is 0.262. The monoisotopic (exact) mass is 292 g/mol. The van der Waals surface area contributed by atoms with Gasteiger partial charge in [0.1, 0.15) is 10.6 Å². The van der Waals surface area contributed by atoms with Crippen LogP contribution in [0.4, 0.5) is 11.4 Å². The van der Waals surface area contributed by atoms with Gasteiger partial charge in [0.25, 0.3) is 0 Å². The Morgan fingerprint density at radius 1 is 1.05 bits per heavy atom. The summed E-state index contributed by atoms with van der Waals surface area (Å²) in [7, 11) is -0.0583. The molecule has 106 valence electrons. The smallest absolute Gasteiger partial charge is 0.339 e. The molecule has 0 saturated heterocycles. The third kappa shape index (κ3) is 3.21. The summed E-state index contributed by atoms with van der Waals surface area (Å²) in [5, 5.41) is 0. The van der Waals surface area contributed by atoms with Gasteiger partial charge in [-0.25, -0.2) is 0 Å². The molecule has 0 saturated carbocycles. The summed E-state index contributed by atoms with van der Waals surface area (Å²) in [6.45, 7) is 0. The Bertz CT molecular complexity index is 695. The molecule has 2 N–H and O–H groups in total. The highest BCUT2D eigenvalue weighted by molar-refractivity contribution is 7.87. The summed E-state index contributed by atoms with van der Waals surface area (Å²) in [5.41, 5.74) is 6.91. The molecular formula is C14H16N2O3S. The third-order valence-electron chi connectivity index (χ3n) is 2.71. The fourth-order valence-electron chi connectivity index (χ4n) is 1.64. The van der Waals surface area contributed by atoms with Crippen molar-refractivity contribution in [1.29, 1.82) is 0 Å². The minimum Gasteiger partial charge on any atom is -0.399 e. The second kappa shape index (κ2) is 5.42. The van der Waals surface area contributed by atoms with Crippen LogP contribution in [0.1, 0.15) is 0 Å². The maximum atomic E-state index is 12.1. The van der Waals surface area contributed by atoms with Gasteiger partial charge in [0.05, 0.1) is 0 Å². The average molecular weight is 292 g/mol. The van der Waals surface area contributed by atoms with Gasteiger partial charge in [-0.2, -0.15) is 8.42 Å². The number of benzene rings is 2. The predicted octanol–water partition coefficient (Wildman–Crippen LogP) is 2.10. The van der Waals surface area contributed by atoms with Crippen LogP contribution in [0.2, 0.25) is 0 Å². The van der Waals surface area contributed by atoms with Gasteiger partial charge in [-0.1, -0.05) is 6.07 Å². The number of nitrogens with zero attached hydrogens (tertiary/aromatic N) is 1. The van der Waals surface area contributed by atoms with E-state index in [4.69, 9.17) is 9.92 Å². The van der Waals surface area contributed by atoms with Crippen LogP contribution < -0.4 is 14.8 Å². The van der Waals surface area contributed by atoms with Crippen molar-refractivity contribution in [2.75, 3.05) is 24.7 Å². The fraction of sp³-hybridized carbons (Fsp3) is 0.143.